The first-order valence-electron chi connectivity index (χ1n) is 4.15. The first-order valence-corrected chi connectivity index (χ1v) is 4.58. The van der Waals surface area contributed by atoms with Crippen molar-refractivity contribution in [2.24, 2.45) is 0 Å². The SMILES string of the molecule is CCCC(Cl)CCC(C)OO. The zero-order valence-corrected chi connectivity index (χ0v) is 7.97. The van der Waals surface area contributed by atoms with E-state index in [1.807, 2.05) is 6.92 Å². The summed E-state index contributed by atoms with van der Waals surface area (Å²) in [4.78, 5) is 4.12. The highest BCUT2D eigenvalue weighted by atomic mass is 35.5. The van der Waals surface area contributed by atoms with E-state index in [0.717, 1.165) is 25.7 Å². The van der Waals surface area contributed by atoms with Crippen molar-refractivity contribution in [2.45, 2.75) is 51.0 Å². The van der Waals surface area contributed by atoms with Gasteiger partial charge in [-0.3, -0.25) is 5.26 Å². The summed E-state index contributed by atoms with van der Waals surface area (Å²) in [7, 11) is 0. The van der Waals surface area contributed by atoms with Crippen LogP contribution in [-0.2, 0) is 4.89 Å². The highest BCUT2D eigenvalue weighted by Gasteiger charge is 2.06. The largest absolute Gasteiger partial charge is 0.252 e. The van der Waals surface area contributed by atoms with Gasteiger partial charge < -0.3 is 0 Å². The number of rotatable bonds is 6. The van der Waals surface area contributed by atoms with Crippen molar-refractivity contribution in [1.29, 1.82) is 0 Å². The molecule has 0 aliphatic heterocycles. The van der Waals surface area contributed by atoms with Crippen LogP contribution >= 0.6 is 11.6 Å². The number of hydrogen-bond donors (Lipinski definition) is 1. The zero-order valence-electron chi connectivity index (χ0n) is 7.22. The van der Waals surface area contributed by atoms with Crippen LogP contribution in [0.15, 0.2) is 0 Å². The summed E-state index contributed by atoms with van der Waals surface area (Å²) in [6, 6.07) is 0. The van der Waals surface area contributed by atoms with E-state index in [4.69, 9.17) is 16.9 Å². The van der Waals surface area contributed by atoms with Gasteiger partial charge in [-0.1, -0.05) is 13.3 Å². The Bertz CT molecular complexity index is 88.2. The van der Waals surface area contributed by atoms with Gasteiger partial charge in [0.25, 0.3) is 0 Å². The number of alkyl halides is 1. The van der Waals surface area contributed by atoms with Crippen LogP contribution in [0.3, 0.4) is 0 Å². The van der Waals surface area contributed by atoms with Crippen molar-refractivity contribution >= 4 is 11.6 Å². The minimum Gasteiger partial charge on any atom is -0.252 e. The van der Waals surface area contributed by atoms with Crippen LogP contribution < -0.4 is 0 Å². The third-order valence-electron chi connectivity index (χ3n) is 1.67. The molecule has 0 aromatic rings. The Morgan fingerprint density at radius 3 is 2.45 bits per heavy atom. The lowest BCUT2D eigenvalue weighted by atomic mass is 10.1. The first-order chi connectivity index (χ1) is 5.20. The van der Waals surface area contributed by atoms with E-state index in [1.165, 1.54) is 0 Å². The second kappa shape index (κ2) is 6.89. The van der Waals surface area contributed by atoms with Crippen molar-refractivity contribution in [3.05, 3.63) is 0 Å². The van der Waals surface area contributed by atoms with Crippen molar-refractivity contribution in [2.75, 3.05) is 0 Å². The van der Waals surface area contributed by atoms with Gasteiger partial charge in [0.2, 0.25) is 0 Å². The summed E-state index contributed by atoms with van der Waals surface area (Å²) in [5, 5.41) is 8.47. The molecule has 1 N–H and O–H groups in total. The predicted molar refractivity (Wildman–Crippen MR) is 47.0 cm³/mol. The molecule has 0 rings (SSSR count). The molecule has 0 heterocycles. The second-order valence-corrected chi connectivity index (χ2v) is 3.50. The van der Waals surface area contributed by atoms with Crippen molar-refractivity contribution in [1.82, 2.24) is 0 Å². The van der Waals surface area contributed by atoms with Crippen molar-refractivity contribution in [3.8, 4) is 0 Å². The zero-order chi connectivity index (χ0) is 8.69. The summed E-state index contributed by atoms with van der Waals surface area (Å²) < 4.78 is 0. The lowest BCUT2D eigenvalue weighted by molar-refractivity contribution is -0.275. The first kappa shape index (κ1) is 11.2. The van der Waals surface area contributed by atoms with Crippen LogP contribution in [0.2, 0.25) is 0 Å². The van der Waals surface area contributed by atoms with Gasteiger partial charge in [-0.15, -0.1) is 11.6 Å². The predicted octanol–water partition coefficient (Wildman–Crippen LogP) is 3.05. The van der Waals surface area contributed by atoms with E-state index in [1.54, 1.807) is 0 Å². The van der Waals surface area contributed by atoms with Crippen molar-refractivity contribution in [3.63, 3.8) is 0 Å². The molecule has 2 unspecified atom stereocenters. The highest BCUT2D eigenvalue weighted by Crippen LogP contribution is 2.13. The molecule has 0 spiro atoms. The Kier molecular flexibility index (Phi) is 7.02. The molecule has 68 valence electrons. The Morgan fingerprint density at radius 2 is 2.00 bits per heavy atom. The molecule has 2 nitrogen and oxygen atoms in total. The van der Waals surface area contributed by atoms with Crippen molar-refractivity contribution < 1.29 is 10.1 Å². The van der Waals surface area contributed by atoms with Gasteiger partial charge in [0, 0.05) is 5.38 Å². The molecular formula is C8H17ClO2. The summed E-state index contributed by atoms with van der Waals surface area (Å²) in [5.74, 6) is 0. The van der Waals surface area contributed by atoms with Crippen LogP contribution in [0.1, 0.15) is 39.5 Å². The van der Waals surface area contributed by atoms with E-state index in [-0.39, 0.29) is 11.5 Å². The molecule has 3 heteroatoms. The maximum atomic E-state index is 8.23. The fraction of sp³-hybridized carbons (Fsp3) is 1.00. The molecule has 0 aliphatic rings. The maximum Gasteiger partial charge on any atom is 0.0899 e. The van der Waals surface area contributed by atoms with E-state index in [9.17, 15) is 0 Å². The Balaban J connectivity index is 3.22. The summed E-state index contributed by atoms with van der Waals surface area (Å²) in [6.45, 7) is 3.94. The molecule has 0 saturated heterocycles. The fourth-order valence-electron chi connectivity index (χ4n) is 0.926. The van der Waals surface area contributed by atoms with Gasteiger partial charge in [0.1, 0.15) is 0 Å². The summed E-state index contributed by atoms with van der Waals surface area (Å²) >= 11 is 5.94. The average molecular weight is 181 g/mol. The normalized spacial score (nSPS) is 16.4. The van der Waals surface area contributed by atoms with Gasteiger partial charge in [-0.2, -0.15) is 0 Å². The standard InChI is InChI=1S/C8H17ClO2/c1-3-4-8(9)6-5-7(2)11-10/h7-8,10H,3-6H2,1-2H3. The Hall–Kier alpha value is 0.210. The van der Waals surface area contributed by atoms with E-state index in [2.05, 4.69) is 11.8 Å². The summed E-state index contributed by atoms with van der Waals surface area (Å²) in [5.41, 5.74) is 0. The minimum absolute atomic E-state index is 0.0897. The molecule has 0 bridgehead atoms. The van der Waals surface area contributed by atoms with Gasteiger partial charge in [0.15, 0.2) is 0 Å². The quantitative estimate of drug-likeness (QED) is 0.387. The monoisotopic (exact) mass is 180 g/mol. The third-order valence-corrected chi connectivity index (χ3v) is 2.10. The van der Waals surface area contributed by atoms with E-state index >= 15 is 0 Å². The molecule has 2 atom stereocenters. The number of hydrogen-bond acceptors (Lipinski definition) is 2. The summed E-state index contributed by atoms with van der Waals surface area (Å²) in [6.07, 6.45) is 3.80. The Labute approximate surface area is 73.4 Å². The topological polar surface area (TPSA) is 29.5 Å². The van der Waals surface area contributed by atoms with Crippen LogP contribution in [0.5, 0.6) is 0 Å². The van der Waals surface area contributed by atoms with E-state index in [0.29, 0.717) is 0 Å². The molecule has 0 aliphatic carbocycles. The molecule has 0 saturated carbocycles. The Morgan fingerprint density at radius 1 is 1.36 bits per heavy atom. The van der Waals surface area contributed by atoms with E-state index < -0.39 is 0 Å². The molecular weight excluding hydrogens is 164 g/mol. The van der Waals surface area contributed by atoms with Gasteiger partial charge in [-0.25, -0.2) is 4.89 Å². The van der Waals surface area contributed by atoms with Crippen LogP contribution in [0.4, 0.5) is 0 Å². The van der Waals surface area contributed by atoms with Gasteiger partial charge in [0.05, 0.1) is 6.10 Å². The molecule has 11 heavy (non-hydrogen) atoms. The smallest absolute Gasteiger partial charge is 0.0899 e. The molecule has 0 radical (unpaired) electrons. The van der Waals surface area contributed by atoms with Gasteiger partial charge in [-0.05, 0) is 26.2 Å². The number of halogens is 1. The van der Waals surface area contributed by atoms with Gasteiger partial charge >= 0.3 is 0 Å². The molecule has 0 amide bonds. The second-order valence-electron chi connectivity index (χ2n) is 2.88. The molecule has 0 aromatic heterocycles. The van der Waals surface area contributed by atoms with Crippen LogP contribution in [-0.4, -0.2) is 16.7 Å². The minimum atomic E-state index is -0.0897. The fourth-order valence-corrected chi connectivity index (χ4v) is 1.27. The lowest BCUT2D eigenvalue weighted by Gasteiger charge is -2.10. The average Bonchev–Trinajstić information content (AvgIpc) is 2.01. The lowest BCUT2D eigenvalue weighted by Crippen LogP contribution is -2.08. The van der Waals surface area contributed by atoms with Crippen LogP contribution in [0.25, 0.3) is 0 Å². The third kappa shape index (κ3) is 6.60. The maximum absolute atomic E-state index is 8.23. The van der Waals surface area contributed by atoms with Crippen LogP contribution in [0, 0.1) is 0 Å². The molecule has 0 aromatic carbocycles. The molecule has 0 fully saturated rings. The highest BCUT2D eigenvalue weighted by molar-refractivity contribution is 6.20.